The number of hydrogen-bond donors (Lipinski definition) is 4. The molecule has 1 unspecified atom stereocenters. The minimum Gasteiger partial charge on any atom is -0.376 e. The summed E-state index contributed by atoms with van der Waals surface area (Å²) < 4.78 is 31.6. The fourth-order valence-corrected chi connectivity index (χ4v) is 0. The third kappa shape index (κ3) is 76.3. The second-order valence-corrected chi connectivity index (χ2v) is 3.05. The summed E-state index contributed by atoms with van der Waals surface area (Å²) in [5.41, 5.74) is 4.13. The summed E-state index contributed by atoms with van der Waals surface area (Å²) in [7, 11) is -4.67. The van der Waals surface area contributed by atoms with Crippen molar-refractivity contribution in [3.63, 3.8) is 0 Å². The first-order valence-electron chi connectivity index (χ1n) is 2.77. The second kappa shape index (κ2) is 4.62. The number of hydrogen-bond acceptors (Lipinski definition) is 4. The molecule has 11 heavy (non-hydrogen) atoms. The molecule has 0 radical (unpaired) electrons. The van der Waals surface area contributed by atoms with Crippen LogP contribution in [0.15, 0.2) is 0 Å². The average molecular weight is 187 g/mol. The Bertz CT molecular complexity index is 171. The zero-order chi connectivity index (χ0) is 9.71. The Morgan fingerprint density at radius 3 is 1.55 bits per heavy atom. The molecular formula is C4H13NO5S. The van der Waals surface area contributed by atoms with Crippen LogP contribution in [0.3, 0.4) is 0 Å². The minimum atomic E-state index is -4.67. The lowest BCUT2D eigenvalue weighted by Gasteiger charge is -2.11. The van der Waals surface area contributed by atoms with Crippen molar-refractivity contribution in [2.45, 2.75) is 26.0 Å². The molecule has 6 nitrogen and oxygen atoms in total. The van der Waals surface area contributed by atoms with Crippen molar-refractivity contribution in [1.82, 2.24) is 0 Å². The van der Waals surface area contributed by atoms with Crippen molar-refractivity contribution in [3.8, 4) is 0 Å². The van der Waals surface area contributed by atoms with Gasteiger partial charge in [-0.25, -0.2) is 0 Å². The Hall–Kier alpha value is -0.210. The molecule has 0 spiro atoms. The molecule has 0 aromatic heterocycles. The predicted molar refractivity (Wildman–Crippen MR) is 39.3 cm³/mol. The van der Waals surface area contributed by atoms with Gasteiger partial charge >= 0.3 is 10.4 Å². The molecule has 0 saturated heterocycles. The Morgan fingerprint density at radius 2 is 1.55 bits per heavy atom. The first-order chi connectivity index (χ1) is 4.56. The van der Waals surface area contributed by atoms with E-state index < -0.39 is 16.1 Å². The van der Waals surface area contributed by atoms with E-state index in [4.69, 9.17) is 28.4 Å². The van der Waals surface area contributed by atoms with Gasteiger partial charge in [-0.1, -0.05) is 6.92 Å². The molecule has 0 amide bonds. The zero-order valence-corrected chi connectivity index (χ0v) is 7.17. The van der Waals surface area contributed by atoms with Gasteiger partial charge in [-0.3, -0.25) is 9.11 Å². The summed E-state index contributed by atoms with van der Waals surface area (Å²) in [5.74, 6) is 0. The number of aliphatic hydroxyl groups is 1. The van der Waals surface area contributed by atoms with Crippen molar-refractivity contribution in [2.75, 3.05) is 0 Å². The first-order valence-corrected chi connectivity index (χ1v) is 4.17. The van der Waals surface area contributed by atoms with E-state index in [0.717, 1.165) is 0 Å². The molecule has 0 saturated carbocycles. The van der Waals surface area contributed by atoms with Crippen LogP contribution in [-0.2, 0) is 10.4 Å². The lowest BCUT2D eigenvalue weighted by atomic mass is 10.2. The minimum absolute atomic E-state index is 0.604. The van der Waals surface area contributed by atoms with E-state index in [9.17, 15) is 0 Å². The lowest BCUT2D eigenvalue weighted by Crippen LogP contribution is -2.34. The van der Waals surface area contributed by atoms with Crippen LogP contribution in [0, 0.1) is 0 Å². The molecule has 0 heterocycles. The molecule has 0 aliphatic heterocycles. The third-order valence-electron chi connectivity index (χ3n) is 0.716. The van der Waals surface area contributed by atoms with Crippen molar-refractivity contribution in [2.24, 2.45) is 5.73 Å². The van der Waals surface area contributed by atoms with Crippen LogP contribution in [0.4, 0.5) is 0 Å². The van der Waals surface area contributed by atoms with Crippen LogP contribution in [0.25, 0.3) is 0 Å². The molecule has 0 aliphatic carbocycles. The molecule has 0 aromatic carbocycles. The Labute approximate surface area is 65.6 Å². The molecule has 0 bridgehead atoms. The average Bonchev–Trinajstić information content (AvgIpc) is 1.59. The van der Waals surface area contributed by atoms with Gasteiger partial charge in [-0.05, 0) is 13.3 Å². The number of nitrogens with two attached hydrogens (primary N) is 1. The van der Waals surface area contributed by atoms with Crippen molar-refractivity contribution in [3.05, 3.63) is 0 Å². The lowest BCUT2D eigenvalue weighted by molar-refractivity contribution is 0.0632. The Balaban J connectivity index is 0. The van der Waals surface area contributed by atoms with Gasteiger partial charge in [0.2, 0.25) is 0 Å². The molecule has 7 heteroatoms. The van der Waals surface area contributed by atoms with E-state index in [1.807, 2.05) is 6.92 Å². The second-order valence-electron chi connectivity index (χ2n) is 2.16. The zero-order valence-electron chi connectivity index (χ0n) is 6.35. The van der Waals surface area contributed by atoms with Gasteiger partial charge in [0.15, 0.2) is 0 Å². The summed E-state index contributed by atoms with van der Waals surface area (Å²) in [6.45, 7) is 3.41. The highest BCUT2D eigenvalue weighted by Crippen LogP contribution is 1.94. The summed E-state index contributed by atoms with van der Waals surface area (Å²) in [4.78, 5) is 0. The van der Waals surface area contributed by atoms with E-state index in [1.54, 1.807) is 6.92 Å². The maximum atomic E-state index is 8.74. The van der Waals surface area contributed by atoms with Gasteiger partial charge in [0.1, 0.15) is 5.72 Å². The normalized spacial score (nSPS) is 16.2. The highest BCUT2D eigenvalue weighted by molar-refractivity contribution is 7.79. The van der Waals surface area contributed by atoms with Crippen LogP contribution >= 0.6 is 0 Å². The SMILES string of the molecule is CCC(C)(N)O.O=S(=O)(O)O. The molecule has 70 valence electrons. The van der Waals surface area contributed by atoms with Gasteiger partial charge in [-0.15, -0.1) is 0 Å². The monoisotopic (exact) mass is 187 g/mol. The topological polar surface area (TPSA) is 121 Å². The maximum absolute atomic E-state index is 8.74. The Morgan fingerprint density at radius 1 is 1.45 bits per heavy atom. The smallest absolute Gasteiger partial charge is 0.376 e. The van der Waals surface area contributed by atoms with E-state index in [0.29, 0.717) is 6.42 Å². The van der Waals surface area contributed by atoms with Gasteiger partial charge in [0, 0.05) is 0 Å². The molecule has 0 aliphatic rings. The summed E-state index contributed by atoms with van der Waals surface area (Å²) in [5, 5.41) is 8.60. The predicted octanol–water partition coefficient (Wildman–Crippen LogP) is -0.589. The van der Waals surface area contributed by atoms with Crippen LogP contribution < -0.4 is 5.73 Å². The highest BCUT2D eigenvalue weighted by Gasteiger charge is 2.06. The van der Waals surface area contributed by atoms with E-state index in [2.05, 4.69) is 0 Å². The maximum Gasteiger partial charge on any atom is 0.394 e. The van der Waals surface area contributed by atoms with E-state index in [1.165, 1.54) is 0 Å². The summed E-state index contributed by atoms with van der Waals surface area (Å²) in [6, 6.07) is 0. The van der Waals surface area contributed by atoms with Crippen LogP contribution in [-0.4, -0.2) is 28.4 Å². The fourth-order valence-electron chi connectivity index (χ4n) is 0. The van der Waals surface area contributed by atoms with Crippen LogP contribution in [0.2, 0.25) is 0 Å². The van der Waals surface area contributed by atoms with Gasteiger partial charge in [-0.2, -0.15) is 8.42 Å². The molecule has 1 atom stereocenters. The first kappa shape index (κ1) is 13.4. The third-order valence-corrected chi connectivity index (χ3v) is 0.716. The highest BCUT2D eigenvalue weighted by atomic mass is 32.3. The quantitative estimate of drug-likeness (QED) is 0.321. The number of rotatable bonds is 1. The molecule has 0 aromatic rings. The van der Waals surface area contributed by atoms with E-state index in [-0.39, 0.29) is 0 Å². The van der Waals surface area contributed by atoms with Crippen molar-refractivity contribution in [1.29, 1.82) is 0 Å². The van der Waals surface area contributed by atoms with Crippen molar-refractivity contribution < 1.29 is 22.6 Å². The molecule has 5 N–H and O–H groups in total. The van der Waals surface area contributed by atoms with Crippen molar-refractivity contribution >= 4 is 10.4 Å². The van der Waals surface area contributed by atoms with Crippen LogP contribution in [0.1, 0.15) is 20.3 Å². The van der Waals surface area contributed by atoms with Gasteiger partial charge < -0.3 is 10.8 Å². The van der Waals surface area contributed by atoms with Gasteiger partial charge in [0.25, 0.3) is 0 Å². The standard InChI is InChI=1S/C4H11NO.H2O4S/c1-3-4(2,5)6;1-5(2,3)4/h6H,3,5H2,1-2H3;(H2,1,2,3,4). The summed E-state index contributed by atoms with van der Waals surface area (Å²) in [6.07, 6.45) is 0.604. The molecule has 0 fully saturated rings. The molecule has 0 rings (SSSR count). The van der Waals surface area contributed by atoms with Gasteiger partial charge in [0.05, 0.1) is 0 Å². The fraction of sp³-hybridized carbons (Fsp3) is 1.00. The Kier molecular flexibility index (Phi) is 5.63. The molecular weight excluding hydrogens is 174 g/mol. The largest absolute Gasteiger partial charge is 0.394 e. The summed E-state index contributed by atoms with van der Waals surface area (Å²) >= 11 is 0. The van der Waals surface area contributed by atoms with E-state index >= 15 is 0 Å². The van der Waals surface area contributed by atoms with Crippen LogP contribution in [0.5, 0.6) is 0 Å².